The Hall–Kier alpha value is -1.09. The van der Waals surface area contributed by atoms with Crippen LogP contribution in [0.4, 0.5) is 10.1 Å². The fraction of sp³-hybridized carbons (Fsp3) is 0.571. The molecule has 0 aromatic heterocycles. The molecule has 1 saturated carbocycles. The molecule has 0 spiro atoms. The van der Waals surface area contributed by atoms with Gasteiger partial charge in [-0.25, -0.2) is 4.39 Å². The topological polar surface area (TPSA) is 23.5 Å². The average Bonchev–Trinajstić information content (AvgIpc) is 3.10. The molecule has 0 bridgehead atoms. The van der Waals surface area contributed by atoms with Gasteiger partial charge < -0.3 is 10.0 Å². The number of nitrogens with zero attached hydrogens (tertiary/aromatic N) is 1. The Kier molecular flexibility index (Phi) is 3.38. The standard InChI is InChI=1S/C14H20FNO/c1-9(11-4-5-11)16(3)14-7-6-12(15)8-13(14)10(2)17/h6-11,17H,4-5H2,1-3H3/t9?,10-/m0/s1. The van der Waals surface area contributed by atoms with E-state index in [2.05, 4.69) is 11.8 Å². The van der Waals surface area contributed by atoms with Gasteiger partial charge >= 0.3 is 0 Å². The first kappa shape index (κ1) is 12.4. The minimum Gasteiger partial charge on any atom is -0.389 e. The summed E-state index contributed by atoms with van der Waals surface area (Å²) in [6.07, 6.45) is 1.91. The van der Waals surface area contributed by atoms with Crippen molar-refractivity contribution < 1.29 is 9.50 Å². The van der Waals surface area contributed by atoms with Crippen molar-refractivity contribution in [1.82, 2.24) is 0 Å². The van der Waals surface area contributed by atoms with Crippen LogP contribution in [0.3, 0.4) is 0 Å². The van der Waals surface area contributed by atoms with E-state index in [4.69, 9.17) is 0 Å². The van der Waals surface area contributed by atoms with E-state index >= 15 is 0 Å². The van der Waals surface area contributed by atoms with Crippen LogP contribution in [0.2, 0.25) is 0 Å². The Morgan fingerprint density at radius 2 is 2.00 bits per heavy atom. The number of aliphatic hydroxyl groups is 1. The fourth-order valence-corrected chi connectivity index (χ4v) is 2.30. The predicted molar refractivity (Wildman–Crippen MR) is 67.6 cm³/mol. The number of hydrogen-bond donors (Lipinski definition) is 1. The van der Waals surface area contributed by atoms with Gasteiger partial charge in [-0.3, -0.25) is 0 Å². The number of hydrogen-bond acceptors (Lipinski definition) is 2. The van der Waals surface area contributed by atoms with Gasteiger partial charge in [-0.15, -0.1) is 0 Å². The molecule has 1 aliphatic rings. The fourth-order valence-electron chi connectivity index (χ4n) is 2.30. The highest BCUT2D eigenvalue weighted by molar-refractivity contribution is 5.55. The lowest BCUT2D eigenvalue weighted by Crippen LogP contribution is -2.31. The van der Waals surface area contributed by atoms with Gasteiger partial charge in [0, 0.05) is 24.3 Å². The number of benzene rings is 1. The van der Waals surface area contributed by atoms with Crippen LogP contribution < -0.4 is 4.90 Å². The lowest BCUT2D eigenvalue weighted by molar-refractivity contribution is 0.199. The van der Waals surface area contributed by atoms with Crippen LogP contribution in [0.15, 0.2) is 18.2 Å². The van der Waals surface area contributed by atoms with Crippen molar-refractivity contribution >= 4 is 5.69 Å². The van der Waals surface area contributed by atoms with E-state index in [0.717, 1.165) is 11.6 Å². The van der Waals surface area contributed by atoms with Crippen molar-refractivity contribution in [3.05, 3.63) is 29.6 Å². The van der Waals surface area contributed by atoms with E-state index in [-0.39, 0.29) is 5.82 Å². The molecule has 0 aliphatic heterocycles. The first-order chi connectivity index (χ1) is 8.00. The van der Waals surface area contributed by atoms with E-state index < -0.39 is 6.10 Å². The van der Waals surface area contributed by atoms with Crippen molar-refractivity contribution in [2.24, 2.45) is 5.92 Å². The van der Waals surface area contributed by atoms with Gasteiger partial charge in [-0.1, -0.05) is 0 Å². The van der Waals surface area contributed by atoms with Crippen LogP contribution in [0.5, 0.6) is 0 Å². The first-order valence-corrected chi connectivity index (χ1v) is 6.21. The van der Waals surface area contributed by atoms with Gasteiger partial charge in [0.25, 0.3) is 0 Å². The molecular weight excluding hydrogens is 217 g/mol. The maximum atomic E-state index is 13.2. The number of anilines is 1. The van der Waals surface area contributed by atoms with E-state index in [0.29, 0.717) is 11.6 Å². The summed E-state index contributed by atoms with van der Waals surface area (Å²) in [7, 11) is 2.02. The third kappa shape index (κ3) is 2.60. The van der Waals surface area contributed by atoms with Crippen LogP contribution in [0.25, 0.3) is 0 Å². The van der Waals surface area contributed by atoms with Crippen LogP contribution in [-0.2, 0) is 0 Å². The zero-order valence-electron chi connectivity index (χ0n) is 10.7. The zero-order valence-corrected chi connectivity index (χ0v) is 10.7. The molecule has 0 saturated heterocycles. The minimum absolute atomic E-state index is 0.294. The average molecular weight is 237 g/mol. The van der Waals surface area contributed by atoms with E-state index in [1.807, 2.05) is 7.05 Å². The van der Waals surface area contributed by atoms with Crippen molar-refractivity contribution in [3.8, 4) is 0 Å². The normalized spacial score (nSPS) is 18.9. The third-order valence-electron chi connectivity index (χ3n) is 3.73. The Morgan fingerprint density at radius 1 is 1.35 bits per heavy atom. The van der Waals surface area contributed by atoms with Crippen LogP contribution in [0.1, 0.15) is 38.4 Å². The maximum Gasteiger partial charge on any atom is 0.123 e. The van der Waals surface area contributed by atoms with Gasteiger partial charge in [0.1, 0.15) is 5.82 Å². The van der Waals surface area contributed by atoms with E-state index in [1.165, 1.54) is 25.0 Å². The molecule has 17 heavy (non-hydrogen) atoms. The smallest absolute Gasteiger partial charge is 0.123 e. The minimum atomic E-state index is -0.644. The summed E-state index contributed by atoms with van der Waals surface area (Å²) in [6.45, 7) is 3.86. The molecule has 0 radical (unpaired) electrons. The zero-order chi connectivity index (χ0) is 12.6. The van der Waals surface area contributed by atoms with Gasteiger partial charge in [0.2, 0.25) is 0 Å². The molecule has 3 heteroatoms. The highest BCUT2D eigenvalue weighted by Crippen LogP contribution is 2.38. The van der Waals surface area contributed by atoms with Gasteiger partial charge in [0.15, 0.2) is 0 Å². The molecule has 1 N–H and O–H groups in total. The second kappa shape index (κ2) is 4.65. The maximum absolute atomic E-state index is 13.2. The number of rotatable bonds is 4. The molecule has 1 unspecified atom stereocenters. The summed E-state index contributed by atoms with van der Waals surface area (Å²) in [4.78, 5) is 2.15. The van der Waals surface area contributed by atoms with Gasteiger partial charge in [-0.2, -0.15) is 0 Å². The van der Waals surface area contributed by atoms with Gasteiger partial charge in [-0.05, 0) is 50.8 Å². The molecule has 0 heterocycles. The molecular formula is C14H20FNO. The molecule has 0 amide bonds. The summed E-state index contributed by atoms with van der Waals surface area (Å²) in [5, 5.41) is 9.72. The molecule has 1 aromatic rings. The number of aliphatic hydroxyl groups excluding tert-OH is 1. The Labute approximate surface area is 102 Å². The van der Waals surface area contributed by atoms with E-state index in [9.17, 15) is 9.50 Å². The monoisotopic (exact) mass is 237 g/mol. The molecule has 2 nitrogen and oxygen atoms in total. The quantitative estimate of drug-likeness (QED) is 0.869. The van der Waals surface area contributed by atoms with Crippen molar-refractivity contribution in [2.75, 3.05) is 11.9 Å². The lowest BCUT2D eigenvalue weighted by Gasteiger charge is -2.29. The summed E-state index contributed by atoms with van der Waals surface area (Å²) >= 11 is 0. The predicted octanol–water partition coefficient (Wildman–Crippen LogP) is 3.11. The second-order valence-corrected chi connectivity index (χ2v) is 5.07. The third-order valence-corrected chi connectivity index (χ3v) is 3.73. The highest BCUT2D eigenvalue weighted by atomic mass is 19.1. The molecule has 1 aliphatic carbocycles. The van der Waals surface area contributed by atoms with Crippen molar-refractivity contribution in [3.63, 3.8) is 0 Å². The van der Waals surface area contributed by atoms with Crippen LogP contribution >= 0.6 is 0 Å². The Morgan fingerprint density at radius 3 is 2.53 bits per heavy atom. The first-order valence-electron chi connectivity index (χ1n) is 6.21. The van der Waals surface area contributed by atoms with Crippen molar-refractivity contribution in [2.45, 2.75) is 38.8 Å². The molecule has 94 valence electrons. The SMILES string of the molecule is CC(C1CC1)N(C)c1ccc(F)cc1[C@H](C)O. The molecule has 2 atom stereocenters. The Balaban J connectivity index is 2.29. The molecule has 1 fully saturated rings. The summed E-state index contributed by atoms with van der Waals surface area (Å²) in [6, 6.07) is 5.09. The van der Waals surface area contributed by atoms with Gasteiger partial charge in [0.05, 0.1) is 6.10 Å². The molecule has 2 rings (SSSR count). The van der Waals surface area contributed by atoms with Crippen LogP contribution in [-0.4, -0.2) is 18.2 Å². The molecule has 1 aromatic carbocycles. The summed E-state index contributed by atoms with van der Waals surface area (Å²) in [5.74, 6) is 0.448. The lowest BCUT2D eigenvalue weighted by atomic mass is 10.0. The summed E-state index contributed by atoms with van der Waals surface area (Å²) < 4.78 is 13.2. The van der Waals surface area contributed by atoms with Crippen LogP contribution in [0, 0.1) is 11.7 Å². The second-order valence-electron chi connectivity index (χ2n) is 5.07. The largest absolute Gasteiger partial charge is 0.389 e. The van der Waals surface area contributed by atoms with E-state index in [1.54, 1.807) is 13.0 Å². The highest BCUT2D eigenvalue weighted by Gasteiger charge is 2.31. The Bertz CT molecular complexity index is 401. The van der Waals surface area contributed by atoms with Crippen molar-refractivity contribution in [1.29, 1.82) is 0 Å². The number of halogens is 1. The summed E-state index contributed by atoms with van der Waals surface area (Å²) in [5.41, 5.74) is 1.60.